The van der Waals surface area contributed by atoms with Gasteiger partial charge in [-0.05, 0) is 57.3 Å². The molecule has 2 unspecified atom stereocenters. The van der Waals surface area contributed by atoms with Gasteiger partial charge in [-0.15, -0.1) is 0 Å². The largest absolute Gasteiger partial charge is 0.472 e. The second kappa shape index (κ2) is 60.1. The summed E-state index contributed by atoms with van der Waals surface area (Å²) in [6.07, 6.45) is 48.3. The van der Waals surface area contributed by atoms with Crippen molar-refractivity contribution in [3.8, 4) is 0 Å². The van der Waals surface area contributed by atoms with Gasteiger partial charge in [0.05, 0.1) is 26.4 Å². The van der Waals surface area contributed by atoms with Crippen molar-refractivity contribution in [3.63, 3.8) is 0 Å². The lowest BCUT2D eigenvalue weighted by atomic mass is 10.0. The molecule has 506 valence electrons. The first kappa shape index (κ1) is 83.5. The zero-order valence-electron chi connectivity index (χ0n) is 54.9. The van der Waals surface area contributed by atoms with Gasteiger partial charge in [-0.2, -0.15) is 0 Å². The van der Waals surface area contributed by atoms with Crippen LogP contribution in [0.2, 0.25) is 0 Å². The van der Waals surface area contributed by atoms with E-state index < -0.39 is 97.5 Å². The molecule has 0 heterocycles. The van der Waals surface area contributed by atoms with Crippen LogP contribution in [0.25, 0.3) is 0 Å². The smallest absolute Gasteiger partial charge is 0.462 e. The number of hydrogen-bond donors (Lipinski definition) is 3. The Labute approximate surface area is 522 Å². The van der Waals surface area contributed by atoms with Crippen molar-refractivity contribution in [2.24, 2.45) is 5.92 Å². The van der Waals surface area contributed by atoms with Gasteiger partial charge in [0.2, 0.25) is 0 Å². The predicted molar refractivity (Wildman–Crippen MR) is 344 cm³/mol. The zero-order valence-corrected chi connectivity index (χ0v) is 56.7. The maximum absolute atomic E-state index is 13.0. The van der Waals surface area contributed by atoms with Gasteiger partial charge in [0.15, 0.2) is 12.2 Å². The van der Waals surface area contributed by atoms with Crippen molar-refractivity contribution in [1.82, 2.24) is 0 Å². The molecule has 0 amide bonds. The summed E-state index contributed by atoms with van der Waals surface area (Å²) in [5, 5.41) is 10.5. The average molecular weight is 1270 g/mol. The first-order valence-electron chi connectivity index (χ1n) is 34.5. The average Bonchev–Trinajstić information content (AvgIpc) is 3.50. The summed E-state index contributed by atoms with van der Waals surface area (Å²) in [6.45, 7) is 7.09. The number of ether oxygens (including phenoxy) is 4. The van der Waals surface area contributed by atoms with E-state index in [0.717, 1.165) is 141 Å². The van der Waals surface area contributed by atoms with E-state index in [4.69, 9.17) is 37.0 Å². The normalized spacial score (nSPS) is 14.3. The molecule has 0 aromatic heterocycles. The van der Waals surface area contributed by atoms with Crippen LogP contribution >= 0.6 is 15.6 Å². The molecule has 0 spiro atoms. The van der Waals surface area contributed by atoms with Crippen LogP contribution in [0, 0.1) is 5.92 Å². The van der Waals surface area contributed by atoms with Gasteiger partial charge in [-0.25, -0.2) is 9.13 Å². The zero-order chi connectivity index (χ0) is 63.5. The summed E-state index contributed by atoms with van der Waals surface area (Å²) in [6, 6.07) is 0. The van der Waals surface area contributed by atoms with Crippen molar-refractivity contribution >= 4 is 39.5 Å². The third-order valence-corrected chi connectivity index (χ3v) is 16.8. The Hall–Kier alpha value is -2.46. The summed E-state index contributed by atoms with van der Waals surface area (Å²) >= 11 is 0. The Balaban J connectivity index is 5.20. The van der Waals surface area contributed by atoms with Gasteiger partial charge >= 0.3 is 39.5 Å². The highest BCUT2D eigenvalue weighted by atomic mass is 31.2. The molecule has 0 radical (unpaired) electrons. The SMILES string of the molecule is CCCCCC/C=C\C=C/CCCCCCCC(=O)OC[C@H](COP(=O)(O)OC[C@@H](O)COP(=O)(O)OC[C@@H](COC(=O)CCCCCCCCC)OC(=O)CCCCCCCCC)OC(=O)CCCCCCCCCCCCCCCCC(C)C. The monoisotopic (exact) mass is 1260 g/mol. The number of allylic oxidation sites excluding steroid dienone is 4. The lowest BCUT2D eigenvalue weighted by molar-refractivity contribution is -0.161. The van der Waals surface area contributed by atoms with Gasteiger partial charge in [0.1, 0.15) is 19.3 Å². The van der Waals surface area contributed by atoms with E-state index in [1.807, 2.05) is 0 Å². The van der Waals surface area contributed by atoms with E-state index >= 15 is 0 Å². The van der Waals surface area contributed by atoms with Crippen molar-refractivity contribution in [2.45, 2.75) is 335 Å². The molecule has 3 N–H and O–H groups in total. The van der Waals surface area contributed by atoms with Gasteiger partial charge in [-0.1, -0.05) is 264 Å². The Morgan fingerprint density at radius 3 is 0.953 bits per heavy atom. The van der Waals surface area contributed by atoms with E-state index in [9.17, 15) is 43.2 Å². The number of carbonyl (C=O) groups excluding carboxylic acids is 4. The van der Waals surface area contributed by atoms with Gasteiger partial charge in [0, 0.05) is 25.7 Å². The fraction of sp³-hybridized carbons (Fsp3) is 0.881. The molecular formula is C67H126O17P2. The molecule has 0 aliphatic heterocycles. The Morgan fingerprint density at radius 2 is 0.628 bits per heavy atom. The summed E-state index contributed by atoms with van der Waals surface area (Å²) < 4.78 is 67.9. The Morgan fingerprint density at radius 1 is 0.360 bits per heavy atom. The molecule has 5 atom stereocenters. The van der Waals surface area contributed by atoms with Crippen LogP contribution in [0.5, 0.6) is 0 Å². The number of carbonyl (C=O) groups is 4. The van der Waals surface area contributed by atoms with Gasteiger partial charge < -0.3 is 33.8 Å². The number of unbranched alkanes of at least 4 members (excludes halogenated alkanes) is 34. The topological polar surface area (TPSA) is 237 Å². The first-order chi connectivity index (χ1) is 41.5. The van der Waals surface area contributed by atoms with Crippen LogP contribution in [0.1, 0.15) is 317 Å². The van der Waals surface area contributed by atoms with Crippen molar-refractivity contribution in [1.29, 1.82) is 0 Å². The van der Waals surface area contributed by atoms with Crippen LogP contribution in [0.15, 0.2) is 24.3 Å². The van der Waals surface area contributed by atoms with Crippen LogP contribution in [-0.2, 0) is 65.4 Å². The molecule has 0 saturated carbocycles. The van der Waals surface area contributed by atoms with Crippen LogP contribution in [-0.4, -0.2) is 96.7 Å². The Kier molecular flexibility index (Phi) is 58.4. The lowest BCUT2D eigenvalue weighted by Crippen LogP contribution is -2.30. The summed E-state index contributed by atoms with van der Waals surface area (Å²) in [5.41, 5.74) is 0. The highest BCUT2D eigenvalue weighted by Gasteiger charge is 2.30. The van der Waals surface area contributed by atoms with E-state index in [1.54, 1.807) is 0 Å². The fourth-order valence-corrected chi connectivity index (χ4v) is 11.2. The molecule has 86 heavy (non-hydrogen) atoms. The van der Waals surface area contributed by atoms with E-state index in [1.165, 1.54) is 96.3 Å². The first-order valence-corrected chi connectivity index (χ1v) is 37.4. The number of hydrogen-bond acceptors (Lipinski definition) is 15. The summed E-state index contributed by atoms with van der Waals surface area (Å²) in [4.78, 5) is 72.1. The molecule has 0 aliphatic rings. The van der Waals surface area contributed by atoms with Crippen LogP contribution in [0.3, 0.4) is 0 Å². The highest BCUT2D eigenvalue weighted by Crippen LogP contribution is 2.45. The lowest BCUT2D eigenvalue weighted by Gasteiger charge is -2.21. The molecule has 0 bridgehead atoms. The fourth-order valence-electron chi connectivity index (χ4n) is 9.57. The minimum atomic E-state index is -4.95. The van der Waals surface area contributed by atoms with Crippen molar-refractivity contribution in [3.05, 3.63) is 24.3 Å². The van der Waals surface area contributed by atoms with E-state index in [0.29, 0.717) is 25.7 Å². The third-order valence-electron chi connectivity index (χ3n) is 14.9. The summed E-state index contributed by atoms with van der Waals surface area (Å²) in [7, 11) is -9.89. The minimum Gasteiger partial charge on any atom is -0.462 e. The van der Waals surface area contributed by atoms with Crippen LogP contribution < -0.4 is 0 Å². The number of aliphatic hydroxyl groups is 1. The maximum atomic E-state index is 13.0. The molecule has 17 nitrogen and oxygen atoms in total. The molecule has 0 aromatic carbocycles. The number of aliphatic hydroxyl groups excluding tert-OH is 1. The molecular weight excluding hydrogens is 1140 g/mol. The third kappa shape index (κ3) is 60.5. The van der Waals surface area contributed by atoms with E-state index in [-0.39, 0.29) is 25.7 Å². The number of phosphoric ester groups is 2. The Bertz CT molecular complexity index is 1760. The van der Waals surface area contributed by atoms with Gasteiger partial charge in [0.25, 0.3) is 0 Å². The summed E-state index contributed by atoms with van der Waals surface area (Å²) in [5.74, 6) is -1.37. The molecule has 0 fully saturated rings. The molecule has 0 aliphatic carbocycles. The molecule has 0 saturated heterocycles. The molecule has 0 rings (SSSR count). The number of phosphoric acid groups is 2. The predicted octanol–water partition coefficient (Wildman–Crippen LogP) is 18.5. The molecule has 0 aromatic rings. The van der Waals surface area contributed by atoms with E-state index in [2.05, 4.69) is 58.9 Å². The van der Waals surface area contributed by atoms with Gasteiger partial charge in [-0.3, -0.25) is 37.3 Å². The maximum Gasteiger partial charge on any atom is 0.472 e. The quantitative estimate of drug-likeness (QED) is 0.0169. The number of rotatable bonds is 65. The number of esters is 4. The second-order valence-electron chi connectivity index (χ2n) is 24.0. The second-order valence-corrected chi connectivity index (χ2v) is 26.9. The highest BCUT2D eigenvalue weighted by molar-refractivity contribution is 7.47. The van der Waals surface area contributed by atoms with Crippen LogP contribution in [0.4, 0.5) is 0 Å². The van der Waals surface area contributed by atoms with Crippen molar-refractivity contribution in [2.75, 3.05) is 39.6 Å². The van der Waals surface area contributed by atoms with Crippen molar-refractivity contribution < 1.29 is 80.2 Å². The standard InChI is InChI=1S/C67H126O17P2/c1-6-9-12-15-18-19-20-21-22-26-29-32-37-41-46-51-65(70)78-57-63(84-67(72)53-48-43-38-33-30-27-24-23-25-28-31-36-39-44-49-60(4)5)59-82-86(75,76)80-55-61(68)54-79-85(73,74)81-58-62(83-66(71)52-47-42-35-17-14-11-8-3)56-77-64(69)50-45-40-34-16-13-10-7-2/h19-22,60-63,68H,6-18,23-59H2,1-5H3,(H,73,74)(H,75,76)/b20-19-,22-21-/t61-,62+,63+/m0/s1. The molecule has 19 heteroatoms. The minimum absolute atomic E-state index is 0.101.